The molecular formula is C29H36N2O5. The van der Waals surface area contributed by atoms with E-state index in [0.717, 1.165) is 63.0 Å². The molecule has 4 rings (SSSR count). The van der Waals surface area contributed by atoms with Gasteiger partial charge in [0.2, 0.25) is 0 Å². The summed E-state index contributed by atoms with van der Waals surface area (Å²) < 4.78 is 0. The maximum absolute atomic E-state index is 13.6. The van der Waals surface area contributed by atoms with Gasteiger partial charge < -0.3 is 20.8 Å². The van der Waals surface area contributed by atoms with Crippen molar-refractivity contribution in [2.45, 2.75) is 50.4 Å². The molecule has 36 heavy (non-hydrogen) atoms. The molecule has 2 saturated heterocycles. The molecule has 2 aliphatic heterocycles. The van der Waals surface area contributed by atoms with Crippen molar-refractivity contribution in [2.24, 2.45) is 11.8 Å². The standard InChI is InChI=1S/C29H36N2O5/c32-25(15-26(23-3-1-13-30-17-23)19-5-9-21(10-6-19)28(33)34)16-27(24-4-2-14-31-18-24)20-7-11-22(12-8-20)29(35)36/h5-12,23-24,26-27,30-31H,1-4,13-18H2,(H,33,34)(H,35,36). The normalized spacial score (nSPS) is 21.9. The Labute approximate surface area is 212 Å². The van der Waals surface area contributed by atoms with Crippen LogP contribution < -0.4 is 10.6 Å². The Bertz CT molecular complexity index is 955. The quantitative estimate of drug-likeness (QED) is 0.391. The molecule has 2 aliphatic rings. The molecule has 7 heteroatoms. The summed E-state index contributed by atoms with van der Waals surface area (Å²) in [5.41, 5.74) is 2.54. The van der Waals surface area contributed by atoms with E-state index in [4.69, 9.17) is 0 Å². The molecule has 7 nitrogen and oxygen atoms in total. The average molecular weight is 493 g/mol. The Morgan fingerprint density at radius 2 is 1.08 bits per heavy atom. The smallest absolute Gasteiger partial charge is 0.335 e. The highest BCUT2D eigenvalue weighted by molar-refractivity contribution is 5.88. The van der Waals surface area contributed by atoms with Gasteiger partial charge in [-0.3, -0.25) is 4.79 Å². The molecule has 192 valence electrons. The number of aromatic carboxylic acids is 2. The second-order valence-electron chi connectivity index (χ2n) is 10.2. The fourth-order valence-corrected chi connectivity index (χ4v) is 5.88. The zero-order valence-corrected chi connectivity index (χ0v) is 20.6. The van der Waals surface area contributed by atoms with Crippen LogP contribution in [0.1, 0.15) is 82.2 Å². The highest BCUT2D eigenvalue weighted by Crippen LogP contribution is 2.37. The number of Topliss-reactive ketones (excluding diaryl/α,β-unsaturated/α-hetero) is 1. The van der Waals surface area contributed by atoms with Crippen LogP contribution in [-0.2, 0) is 4.79 Å². The molecule has 0 amide bonds. The molecular weight excluding hydrogens is 456 g/mol. The van der Waals surface area contributed by atoms with Gasteiger partial charge in [0.15, 0.2) is 0 Å². The van der Waals surface area contributed by atoms with Gasteiger partial charge in [-0.1, -0.05) is 24.3 Å². The number of hydrogen-bond donors (Lipinski definition) is 4. The lowest BCUT2D eigenvalue weighted by Gasteiger charge is -2.33. The summed E-state index contributed by atoms with van der Waals surface area (Å²) >= 11 is 0. The number of benzene rings is 2. The summed E-state index contributed by atoms with van der Waals surface area (Å²) in [6.45, 7) is 3.67. The van der Waals surface area contributed by atoms with Gasteiger partial charge in [-0.15, -0.1) is 0 Å². The average Bonchev–Trinajstić information content (AvgIpc) is 2.91. The van der Waals surface area contributed by atoms with E-state index in [1.54, 1.807) is 24.3 Å². The maximum atomic E-state index is 13.6. The SMILES string of the molecule is O=C(CC(c1ccc(C(=O)O)cc1)C1CCCNC1)CC(c1ccc(C(=O)O)cc1)C1CCCNC1. The van der Waals surface area contributed by atoms with Crippen LogP contribution in [0.25, 0.3) is 0 Å². The minimum atomic E-state index is -0.952. The van der Waals surface area contributed by atoms with Crippen molar-refractivity contribution in [2.75, 3.05) is 26.2 Å². The molecule has 2 heterocycles. The first-order valence-corrected chi connectivity index (χ1v) is 13.0. The maximum Gasteiger partial charge on any atom is 0.335 e. The Hall–Kier alpha value is -3.03. The molecule has 0 aliphatic carbocycles. The number of hydrogen-bond acceptors (Lipinski definition) is 5. The number of carboxylic acid groups (broad SMARTS) is 2. The topological polar surface area (TPSA) is 116 Å². The van der Waals surface area contributed by atoms with E-state index in [9.17, 15) is 24.6 Å². The van der Waals surface area contributed by atoms with Crippen molar-refractivity contribution >= 4 is 17.7 Å². The fourth-order valence-electron chi connectivity index (χ4n) is 5.88. The summed E-state index contributed by atoms with van der Waals surface area (Å²) in [6.07, 6.45) is 5.05. The molecule has 0 saturated carbocycles. The lowest BCUT2D eigenvalue weighted by molar-refractivity contribution is -0.120. The van der Waals surface area contributed by atoms with Crippen LogP contribution in [0.4, 0.5) is 0 Å². The Kier molecular flexibility index (Phi) is 8.88. The van der Waals surface area contributed by atoms with Crippen LogP contribution in [0, 0.1) is 11.8 Å². The third kappa shape index (κ3) is 6.59. The first kappa shape index (κ1) is 26.0. The fraction of sp³-hybridized carbons (Fsp3) is 0.483. The van der Waals surface area contributed by atoms with Crippen LogP contribution in [0.2, 0.25) is 0 Å². The summed E-state index contributed by atoms with van der Waals surface area (Å²) in [5, 5.41) is 25.5. The molecule has 2 aromatic rings. The van der Waals surface area contributed by atoms with Gasteiger partial charge in [0, 0.05) is 12.8 Å². The lowest BCUT2D eigenvalue weighted by Crippen LogP contribution is -2.35. The number of carbonyl (C=O) groups is 3. The summed E-state index contributed by atoms with van der Waals surface area (Å²) in [6, 6.07) is 14.0. The van der Waals surface area contributed by atoms with Gasteiger partial charge in [-0.25, -0.2) is 9.59 Å². The number of ketones is 1. The van der Waals surface area contributed by atoms with Crippen molar-refractivity contribution in [1.82, 2.24) is 10.6 Å². The van der Waals surface area contributed by atoms with E-state index < -0.39 is 11.9 Å². The van der Waals surface area contributed by atoms with E-state index in [2.05, 4.69) is 10.6 Å². The summed E-state index contributed by atoms with van der Waals surface area (Å²) in [7, 11) is 0. The van der Waals surface area contributed by atoms with E-state index in [1.165, 1.54) is 0 Å². The highest BCUT2D eigenvalue weighted by Gasteiger charge is 2.31. The molecule has 4 atom stereocenters. The second kappa shape index (κ2) is 12.3. The molecule has 2 fully saturated rings. The predicted molar refractivity (Wildman–Crippen MR) is 138 cm³/mol. The molecule has 4 unspecified atom stereocenters. The van der Waals surface area contributed by atoms with E-state index in [-0.39, 0.29) is 28.7 Å². The Morgan fingerprint density at radius 3 is 1.39 bits per heavy atom. The van der Waals surface area contributed by atoms with Crippen LogP contribution >= 0.6 is 0 Å². The van der Waals surface area contributed by atoms with Gasteiger partial charge >= 0.3 is 11.9 Å². The predicted octanol–water partition coefficient (Wildman–Crippen LogP) is 4.30. The van der Waals surface area contributed by atoms with Crippen molar-refractivity contribution in [3.63, 3.8) is 0 Å². The first-order chi connectivity index (χ1) is 17.4. The Balaban J connectivity index is 1.54. The van der Waals surface area contributed by atoms with Crippen LogP contribution in [0.5, 0.6) is 0 Å². The van der Waals surface area contributed by atoms with E-state index >= 15 is 0 Å². The van der Waals surface area contributed by atoms with Crippen molar-refractivity contribution in [3.05, 3.63) is 70.8 Å². The number of piperidine rings is 2. The number of rotatable bonds is 10. The molecule has 0 aromatic heterocycles. The Morgan fingerprint density at radius 1 is 0.694 bits per heavy atom. The minimum Gasteiger partial charge on any atom is -0.478 e. The third-order valence-corrected chi connectivity index (χ3v) is 7.87. The first-order valence-electron chi connectivity index (χ1n) is 13.0. The summed E-state index contributed by atoms with van der Waals surface area (Å²) in [5.74, 6) is -0.991. The highest BCUT2D eigenvalue weighted by atomic mass is 16.4. The van der Waals surface area contributed by atoms with Crippen LogP contribution in [-0.4, -0.2) is 54.1 Å². The summed E-state index contributed by atoms with van der Waals surface area (Å²) in [4.78, 5) is 36.3. The number of carbonyl (C=O) groups excluding carboxylic acids is 1. The van der Waals surface area contributed by atoms with Gasteiger partial charge in [0.25, 0.3) is 0 Å². The van der Waals surface area contributed by atoms with Crippen molar-refractivity contribution < 1.29 is 24.6 Å². The number of nitrogens with one attached hydrogen (secondary N) is 2. The van der Waals surface area contributed by atoms with Gasteiger partial charge in [-0.2, -0.15) is 0 Å². The van der Waals surface area contributed by atoms with Gasteiger partial charge in [0.1, 0.15) is 5.78 Å². The molecule has 4 N–H and O–H groups in total. The number of carboxylic acids is 2. The van der Waals surface area contributed by atoms with Crippen LogP contribution in [0.3, 0.4) is 0 Å². The molecule has 0 bridgehead atoms. The van der Waals surface area contributed by atoms with Crippen molar-refractivity contribution in [1.29, 1.82) is 0 Å². The second-order valence-corrected chi connectivity index (χ2v) is 10.2. The lowest BCUT2D eigenvalue weighted by atomic mass is 9.75. The largest absolute Gasteiger partial charge is 0.478 e. The molecule has 2 aromatic carbocycles. The van der Waals surface area contributed by atoms with E-state index in [0.29, 0.717) is 24.7 Å². The zero-order valence-electron chi connectivity index (χ0n) is 20.6. The van der Waals surface area contributed by atoms with Gasteiger partial charge in [-0.05, 0) is 111 Å². The molecule has 0 spiro atoms. The minimum absolute atomic E-state index is 0.0349. The third-order valence-electron chi connectivity index (χ3n) is 7.87. The van der Waals surface area contributed by atoms with Gasteiger partial charge in [0.05, 0.1) is 11.1 Å². The van der Waals surface area contributed by atoms with Crippen LogP contribution in [0.15, 0.2) is 48.5 Å². The monoisotopic (exact) mass is 492 g/mol. The van der Waals surface area contributed by atoms with E-state index in [1.807, 2.05) is 24.3 Å². The zero-order chi connectivity index (χ0) is 25.5. The van der Waals surface area contributed by atoms with Crippen molar-refractivity contribution in [3.8, 4) is 0 Å². The molecule has 0 radical (unpaired) electrons.